The minimum Gasteiger partial charge on any atom is -0.338 e. The number of nitrogens with zero attached hydrogens (tertiary/aromatic N) is 4. The van der Waals surface area contributed by atoms with Crippen molar-refractivity contribution in [1.29, 1.82) is 0 Å². The van der Waals surface area contributed by atoms with Crippen LogP contribution >= 0.6 is 0 Å². The Balaban J connectivity index is 1.77. The van der Waals surface area contributed by atoms with E-state index in [0.29, 0.717) is 13.0 Å². The van der Waals surface area contributed by atoms with Crippen molar-refractivity contribution in [2.45, 2.75) is 39.8 Å². The molecule has 2 aliphatic rings. The first-order chi connectivity index (χ1) is 13.5. The Morgan fingerprint density at radius 1 is 1.04 bits per heavy atom. The van der Waals surface area contributed by atoms with Gasteiger partial charge in [0.1, 0.15) is 0 Å². The van der Waals surface area contributed by atoms with Gasteiger partial charge in [-0.3, -0.25) is 9.36 Å². The summed E-state index contributed by atoms with van der Waals surface area (Å²) in [5.74, 6) is 0.241. The number of carbonyl (C=O) groups excluding carboxylic acids is 2. The Morgan fingerprint density at radius 2 is 1.82 bits per heavy atom. The minimum atomic E-state index is 0.0262. The first-order valence-electron chi connectivity index (χ1n) is 10.2. The quantitative estimate of drug-likeness (QED) is 0.683. The number of carbonyl (C=O) groups is 2. The molecule has 3 aromatic rings. The van der Waals surface area contributed by atoms with Gasteiger partial charge < -0.3 is 14.4 Å². The van der Waals surface area contributed by atoms with E-state index in [1.54, 1.807) is 9.47 Å². The van der Waals surface area contributed by atoms with Crippen LogP contribution in [0.3, 0.4) is 0 Å². The molecule has 6 nitrogen and oxygen atoms in total. The number of fused-ring (bicyclic) bond motifs is 7. The van der Waals surface area contributed by atoms with E-state index in [1.165, 1.54) is 21.9 Å². The molecule has 2 aromatic heterocycles. The van der Waals surface area contributed by atoms with Crippen LogP contribution in [0.2, 0.25) is 0 Å². The van der Waals surface area contributed by atoms with Crippen LogP contribution in [0.15, 0.2) is 18.3 Å². The summed E-state index contributed by atoms with van der Waals surface area (Å²) in [6.07, 6.45) is 3.40. The lowest BCUT2D eigenvalue weighted by molar-refractivity contribution is 0.0994. The van der Waals surface area contributed by atoms with Crippen molar-refractivity contribution in [2.75, 3.05) is 26.7 Å². The SMILES string of the molecule is CCN(CC)CCn1c2ccc3c(c2c2c4n(cc21)C(=O)N(C)C4)CCC3=O. The van der Waals surface area contributed by atoms with Gasteiger partial charge in [-0.25, -0.2) is 4.79 Å². The molecule has 0 saturated carbocycles. The van der Waals surface area contributed by atoms with E-state index in [9.17, 15) is 9.59 Å². The van der Waals surface area contributed by atoms with E-state index in [2.05, 4.69) is 29.4 Å². The highest BCUT2D eigenvalue weighted by molar-refractivity contribution is 6.17. The predicted octanol–water partition coefficient (Wildman–Crippen LogP) is 3.48. The fraction of sp³-hybridized carbons (Fsp3) is 0.455. The van der Waals surface area contributed by atoms with Crippen LogP contribution in [0, 0.1) is 0 Å². The molecule has 5 rings (SSSR count). The summed E-state index contributed by atoms with van der Waals surface area (Å²) in [5.41, 5.74) is 5.40. The Kier molecular flexibility index (Phi) is 3.88. The molecule has 0 N–H and O–H groups in total. The molecule has 1 amide bonds. The molecule has 0 radical (unpaired) electrons. The maximum Gasteiger partial charge on any atom is 0.328 e. The van der Waals surface area contributed by atoms with Gasteiger partial charge in [0.15, 0.2) is 5.78 Å². The fourth-order valence-electron chi connectivity index (χ4n) is 5.00. The van der Waals surface area contributed by atoms with Crippen molar-refractivity contribution in [2.24, 2.45) is 0 Å². The topological polar surface area (TPSA) is 50.5 Å². The fourth-order valence-corrected chi connectivity index (χ4v) is 5.00. The van der Waals surface area contributed by atoms with Crippen molar-refractivity contribution >= 4 is 33.6 Å². The van der Waals surface area contributed by atoms with Gasteiger partial charge in [-0.15, -0.1) is 0 Å². The number of Topliss-reactive ketones (excluding diaryl/α,β-unsaturated/α-hetero) is 1. The van der Waals surface area contributed by atoms with E-state index < -0.39 is 0 Å². The minimum absolute atomic E-state index is 0.0262. The molecule has 0 fully saturated rings. The standard InChI is InChI=1S/C22H26N4O2/c1-4-24(5-2)10-11-25-16-8-6-14-15(7-9-19(14)27)20(16)21-17-12-23(3)22(28)26(17)13-18(21)25/h6,8,13H,4-5,7,9-12H2,1-3H3. The van der Waals surface area contributed by atoms with Crippen LogP contribution in [-0.4, -0.2) is 57.4 Å². The summed E-state index contributed by atoms with van der Waals surface area (Å²) >= 11 is 0. The summed E-state index contributed by atoms with van der Waals surface area (Å²) in [6, 6.07) is 4.14. The Bertz CT molecular complexity index is 1130. The summed E-state index contributed by atoms with van der Waals surface area (Å²) in [7, 11) is 1.84. The summed E-state index contributed by atoms with van der Waals surface area (Å²) in [5, 5.41) is 2.36. The van der Waals surface area contributed by atoms with Crippen molar-refractivity contribution in [3.8, 4) is 0 Å². The second-order valence-electron chi connectivity index (χ2n) is 7.93. The molecule has 146 valence electrons. The predicted molar refractivity (Wildman–Crippen MR) is 110 cm³/mol. The molecular weight excluding hydrogens is 352 g/mol. The highest BCUT2D eigenvalue weighted by Crippen LogP contribution is 2.41. The van der Waals surface area contributed by atoms with Crippen LogP contribution in [0.25, 0.3) is 21.8 Å². The molecule has 1 aliphatic heterocycles. The van der Waals surface area contributed by atoms with Crippen LogP contribution in [-0.2, 0) is 19.5 Å². The number of benzene rings is 1. The zero-order chi connectivity index (χ0) is 19.6. The maximum absolute atomic E-state index is 12.6. The normalized spacial score (nSPS) is 16.2. The zero-order valence-corrected chi connectivity index (χ0v) is 16.8. The third-order valence-corrected chi connectivity index (χ3v) is 6.57. The second-order valence-corrected chi connectivity index (χ2v) is 7.93. The Morgan fingerprint density at radius 3 is 2.57 bits per heavy atom. The molecular formula is C22H26N4O2. The summed E-state index contributed by atoms with van der Waals surface area (Å²) in [4.78, 5) is 29.1. The van der Waals surface area contributed by atoms with Crippen LogP contribution in [0.5, 0.6) is 0 Å². The van der Waals surface area contributed by atoms with E-state index in [1.807, 2.05) is 19.3 Å². The average Bonchev–Trinajstić information content (AvgIpc) is 3.39. The number of aryl methyl sites for hydroxylation is 1. The molecule has 0 unspecified atom stereocenters. The molecule has 0 atom stereocenters. The van der Waals surface area contributed by atoms with Crippen LogP contribution in [0.4, 0.5) is 4.79 Å². The van der Waals surface area contributed by atoms with E-state index in [-0.39, 0.29) is 11.8 Å². The number of aromatic nitrogens is 2. The molecule has 0 bridgehead atoms. The number of amides is 1. The summed E-state index contributed by atoms with van der Waals surface area (Å²) in [6.45, 7) is 8.89. The van der Waals surface area contributed by atoms with Crippen molar-refractivity contribution in [1.82, 2.24) is 18.9 Å². The van der Waals surface area contributed by atoms with Crippen LogP contribution < -0.4 is 0 Å². The maximum atomic E-state index is 12.6. The van der Waals surface area contributed by atoms with Gasteiger partial charge in [-0.1, -0.05) is 13.8 Å². The third kappa shape index (κ3) is 2.24. The molecule has 0 saturated heterocycles. The monoisotopic (exact) mass is 378 g/mol. The number of ketones is 1. The molecule has 3 heterocycles. The number of likely N-dealkylation sites (N-methyl/N-ethyl adjacent to an activating group) is 1. The van der Waals surface area contributed by atoms with Crippen molar-refractivity contribution in [3.05, 3.63) is 35.2 Å². The highest BCUT2D eigenvalue weighted by atomic mass is 16.2. The second kappa shape index (κ2) is 6.21. The zero-order valence-electron chi connectivity index (χ0n) is 16.8. The number of hydrogen-bond donors (Lipinski definition) is 0. The summed E-state index contributed by atoms with van der Waals surface area (Å²) < 4.78 is 4.15. The van der Waals surface area contributed by atoms with Gasteiger partial charge in [0, 0.05) is 54.6 Å². The van der Waals surface area contributed by atoms with Gasteiger partial charge in [0.25, 0.3) is 0 Å². The smallest absolute Gasteiger partial charge is 0.328 e. The average molecular weight is 378 g/mol. The first kappa shape index (κ1) is 17.5. The molecule has 1 aromatic carbocycles. The van der Waals surface area contributed by atoms with E-state index in [4.69, 9.17) is 0 Å². The van der Waals surface area contributed by atoms with Gasteiger partial charge in [0.2, 0.25) is 0 Å². The van der Waals surface area contributed by atoms with Gasteiger partial charge in [-0.2, -0.15) is 0 Å². The lowest BCUT2D eigenvalue weighted by atomic mass is 10.0. The van der Waals surface area contributed by atoms with Gasteiger partial charge in [-0.05, 0) is 37.2 Å². The first-order valence-corrected chi connectivity index (χ1v) is 10.2. The van der Waals surface area contributed by atoms with Crippen molar-refractivity contribution < 1.29 is 9.59 Å². The highest BCUT2D eigenvalue weighted by Gasteiger charge is 2.32. The van der Waals surface area contributed by atoms with E-state index in [0.717, 1.165) is 49.4 Å². The van der Waals surface area contributed by atoms with Crippen LogP contribution in [0.1, 0.15) is 41.9 Å². The lowest BCUT2D eigenvalue weighted by Gasteiger charge is -2.19. The Hall–Kier alpha value is -2.60. The van der Waals surface area contributed by atoms with E-state index >= 15 is 0 Å². The van der Waals surface area contributed by atoms with Crippen molar-refractivity contribution in [3.63, 3.8) is 0 Å². The number of hydrogen-bond acceptors (Lipinski definition) is 3. The van der Waals surface area contributed by atoms with Gasteiger partial charge in [0.05, 0.1) is 17.8 Å². The molecule has 6 heteroatoms. The molecule has 1 aliphatic carbocycles. The third-order valence-electron chi connectivity index (χ3n) is 6.57. The lowest BCUT2D eigenvalue weighted by Crippen LogP contribution is -2.27. The molecule has 28 heavy (non-hydrogen) atoms. The number of rotatable bonds is 5. The van der Waals surface area contributed by atoms with Gasteiger partial charge >= 0.3 is 6.03 Å². The molecule has 0 spiro atoms. The largest absolute Gasteiger partial charge is 0.338 e. The Labute approximate surface area is 164 Å².